The summed E-state index contributed by atoms with van der Waals surface area (Å²) in [5, 5.41) is 1.96. The number of fused-ring (bicyclic) bond motifs is 2. The van der Waals surface area contributed by atoms with Crippen LogP contribution < -0.4 is 0 Å². The van der Waals surface area contributed by atoms with Crippen molar-refractivity contribution >= 4 is 45.1 Å². The normalized spacial score (nSPS) is 11.4. The van der Waals surface area contributed by atoms with E-state index in [1.165, 1.54) is 0 Å². The van der Waals surface area contributed by atoms with E-state index >= 15 is 0 Å². The molecule has 0 radical (unpaired) electrons. The Bertz CT molecular complexity index is 988. The molecule has 0 amide bonds. The lowest BCUT2D eigenvalue weighted by molar-refractivity contribution is 1.30. The average Bonchev–Trinajstić information content (AvgIpc) is 2.95. The topological polar surface area (TPSA) is 41.6 Å². The van der Waals surface area contributed by atoms with Gasteiger partial charge in [0.1, 0.15) is 11.0 Å². The first-order valence-electron chi connectivity index (χ1n) is 6.84. The number of benzene rings is 2. The monoisotopic (exact) mass is 327 g/mol. The van der Waals surface area contributed by atoms with Crippen LogP contribution in [0.15, 0.2) is 42.5 Å². The fourth-order valence-corrected chi connectivity index (χ4v) is 2.97. The highest BCUT2D eigenvalue weighted by Gasteiger charge is 2.13. The van der Waals surface area contributed by atoms with Crippen LogP contribution in [0.2, 0.25) is 10.2 Å². The number of pyridine rings is 1. The van der Waals surface area contributed by atoms with Crippen molar-refractivity contribution in [3.63, 3.8) is 0 Å². The first-order valence-corrected chi connectivity index (χ1v) is 7.59. The van der Waals surface area contributed by atoms with Gasteiger partial charge in [-0.1, -0.05) is 47.5 Å². The summed E-state index contributed by atoms with van der Waals surface area (Å²) in [6.07, 6.45) is 0. The first kappa shape index (κ1) is 13.6. The second-order valence-electron chi connectivity index (χ2n) is 5.20. The Balaban J connectivity index is 1.98. The number of aryl methyl sites for hydroxylation is 1. The number of para-hydroxylation sites is 2. The third-order valence-electron chi connectivity index (χ3n) is 3.72. The predicted octanol–water partition coefficient (Wildman–Crippen LogP) is 5.39. The number of nitrogens with zero attached hydrogens (tertiary/aromatic N) is 2. The average molecular weight is 328 g/mol. The van der Waals surface area contributed by atoms with E-state index in [1.54, 1.807) is 0 Å². The van der Waals surface area contributed by atoms with Gasteiger partial charge in [0.05, 0.1) is 27.1 Å². The van der Waals surface area contributed by atoms with Gasteiger partial charge < -0.3 is 4.98 Å². The van der Waals surface area contributed by atoms with Crippen LogP contribution >= 0.6 is 23.2 Å². The van der Waals surface area contributed by atoms with Gasteiger partial charge >= 0.3 is 0 Å². The highest BCUT2D eigenvalue weighted by Crippen LogP contribution is 2.33. The summed E-state index contributed by atoms with van der Waals surface area (Å²) in [7, 11) is 0. The zero-order valence-corrected chi connectivity index (χ0v) is 13.2. The highest BCUT2D eigenvalue weighted by atomic mass is 35.5. The number of H-pyrrole nitrogens is 1. The number of aromatic amines is 1. The summed E-state index contributed by atoms with van der Waals surface area (Å²) >= 11 is 12.7. The van der Waals surface area contributed by atoms with Gasteiger partial charge in [0.2, 0.25) is 0 Å². The number of hydrogen-bond donors (Lipinski definition) is 1. The van der Waals surface area contributed by atoms with E-state index in [0.29, 0.717) is 21.5 Å². The highest BCUT2D eigenvalue weighted by molar-refractivity contribution is 6.37. The Morgan fingerprint density at radius 2 is 1.82 bits per heavy atom. The number of rotatable bonds is 1. The molecule has 0 saturated heterocycles. The van der Waals surface area contributed by atoms with Crippen molar-refractivity contribution < 1.29 is 0 Å². The number of halogens is 2. The van der Waals surface area contributed by atoms with Crippen LogP contribution in [-0.2, 0) is 0 Å². The molecule has 108 valence electrons. The number of imidazole rings is 1. The zero-order chi connectivity index (χ0) is 15.3. The Hall–Kier alpha value is -2.10. The smallest absolute Gasteiger partial charge is 0.141 e. The minimum atomic E-state index is 0.388. The van der Waals surface area contributed by atoms with E-state index in [-0.39, 0.29) is 0 Å². The molecule has 3 nitrogen and oxygen atoms in total. The number of hydrogen-bond acceptors (Lipinski definition) is 2. The molecule has 2 aromatic carbocycles. The van der Waals surface area contributed by atoms with E-state index in [0.717, 1.165) is 27.5 Å². The lowest BCUT2D eigenvalue weighted by atomic mass is 10.1. The third-order valence-corrected chi connectivity index (χ3v) is 4.48. The van der Waals surface area contributed by atoms with Crippen LogP contribution in [0.1, 0.15) is 5.56 Å². The molecule has 5 heteroatoms. The van der Waals surface area contributed by atoms with Crippen LogP contribution in [0.4, 0.5) is 0 Å². The molecule has 0 bridgehead atoms. The second kappa shape index (κ2) is 4.97. The molecule has 0 aliphatic heterocycles. The summed E-state index contributed by atoms with van der Waals surface area (Å²) in [6.45, 7) is 1.95. The lowest BCUT2D eigenvalue weighted by Crippen LogP contribution is -1.90. The molecule has 1 N–H and O–H groups in total. The quantitative estimate of drug-likeness (QED) is 0.476. The maximum atomic E-state index is 6.36. The molecule has 2 aromatic heterocycles. The van der Waals surface area contributed by atoms with Crippen LogP contribution in [0.5, 0.6) is 0 Å². The summed E-state index contributed by atoms with van der Waals surface area (Å²) < 4.78 is 0. The predicted molar refractivity (Wildman–Crippen MR) is 91.6 cm³/mol. The standard InChI is InChI=1S/C17H11Cl2N3/c1-9-6-7-10-8-11(16(19)22-15(10)14(9)18)17-20-12-4-2-3-5-13(12)21-17/h2-8H,1H3,(H,20,21). The Morgan fingerprint density at radius 1 is 1.00 bits per heavy atom. The summed E-state index contributed by atoms with van der Waals surface area (Å²) in [5.74, 6) is 0.706. The van der Waals surface area contributed by atoms with Crippen LogP contribution in [0.3, 0.4) is 0 Å². The van der Waals surface area contributed by atoms with Crippen molar-refractivity contribution in [3.8, 4) is 11.4 Å². The van der Waals surface area contributed by atoms with E-state index in [2.05, 4.69) is 15.0 Å². The SMILES string of the molecule is Cc1ccc2cc(-c3nc4ccccc4[nH]3)c(Cl)nc2c1Cl. The molecular formula is C17H11Cl2N3. The van der Waals surface area contributed by atoms with E-state index in [1.807, 2.05) is 49.4 Å². The van der Waals surface area contributed by atoms with Gasteiger partial charge in [0, 0.05) is 5.39 Å². The lowest BCUT2D eigenvalue weighted by Gasteiger charge is -2.06. The third kappa shape index (κ3) is 2.05. The van der Waals surface area contributed by atoms with Gasteiger partial charge in [-0.25, -0.2) is 9.97 Å². The molecular weight excluding hydrogens is 317 g/mol. The molecule has 0 atom stereocenters. The van der Waals surface area contributed by atoms with Crippen LogP contribution in [0, 0.1) is 6.92 Å². The van der Waals surface area contributed by atoms with Gasteiger partial charge in [-0.15, -0.1) is 0 Å². The fraction of sp³-hybridized carbons (Fsp3) is 0.0588. The van der Waals surface area contributed by atoms with Crippen LogP contribution in [-0.4, -0.2) is 15.0 Å². The van der Waals surface area contributed by atoms with Gasteiger partial charge in [-0.2, -0.15) is 0 Å². The van der Waals surface area contributed by atoms with Gasteiger partial charge in [0.15, 0.2) is 0 Å². The van der Waals surface area contributed by atoms with Crippen molar-refractivity contribution in [2.45, 2.75) is 6.92 Å². The molecule has 4 rings (SSSR count). The summed E-state index contributed by atoms with van der Waals surface area (Å²) in [5.41, 5.74) is 4.33. The maximum Gasteiger partial charge on any atom is 0.141 e. The molecule has 0 saturated carbocycles. The molecule has 0 unspecified atom stereocenters. The number of aromatic nitrogens is 3. The number of nitrogens with one attached hydrogen (secondary N) is 1. The fourth-order valence-electron chi connectivity index (χ4n) is 2.53. The van der Waals surface area contributed by atoms with Gasteiger partial charge in [-0.3, -0.25) is 0 Å². The molecule has 0 aliphatic carbocycles. The Kier molecular flexibility index (Phi) is 3.06. The summed E-state index contributed by atoms with van der Waals surface area (Å²) in [6, 6.07) is 13.8. The first-order chi connectivity index (χ1) is 10.6. The molecule has 4 aromatic rings. The summed E-state index contributed by atoms with van der Waals surface area (Å²) in [4.78, 5) is 12.3. The van der Waals surface area contributed by atoms with Crippen LogP contribution in [0.25, 0.3) is 33.3 Å². The Morgan fingerprint density at radius 3 is 2.64 bits per heavy atom. The molecule has 0 fully saturated rings. The van der Waals surface area contributed by atoms with Gasteiger partial charge in [-0.05, 0) is 30.7 Å². The maximum absolute atomic E-state index is 6.36. The van der Waals surface area contributed by atoms with Crippen molar-refractivity contribution in [2.24, 2.45) is 0 Å². The van der Waals surface area contributed by atoms with Crippen molar-refractivity contribution in [3.05, 3.63) is 58.2 Å². The molecule has 22 heavy (non-hydrogen) atoms. The molecule has 2 heterocycles. The van der Waals surface area contributed by atoms with Crippen molar-refractivity contribution in [1.82, 2.24) is 15.0 Å². The second-order valence-corrected chi connectivity index (χ2v) is 5.93. The van der Waals surface area contributed by atoms with Crippen molar-refractivity contribution in [1.29, 1.82) is 0 Å². The van der Waals surface area contributed by atoms with Crippen molar-refractivity contribution in [2.75, 3.05) is 0 Å². The minimum Gasteiger partial charge on any atom is -0.338 e. The van der Waals surface area contributed by atoms with E-state index < -0.39 is 0 Å². The molecule has 0 spiro atoms. The van der Waals surface area contributed by atoms with E-state index in [4.69, 9.17) is 23.2 Å². The van der Waals surface area contributed by atoms with Gasteiger partial charge in [0.25, 0.3) is 0 Å². The minimum absolute atomic E-state index is 0.388. The van der Waals surface area contributed by atoms with E-state index in [9.17, 15) is 0 Å². The molecule has 0 aliphatic rings. The Labute approximate surface area is 136 Å². The largest absolute Gasteiger partial charge is 0.338 e. The zero-order valence-electron chi connectivity index (χ0n) is 11.7.